The molecule has 13 heavy (non-hydrogen) atoms. The molecule has 0 spiro atoms. The average Bonchev–Trinajstić information content (AvgIpc) is 2.78. The van der Waals surface area contributed by atoms with Gasteiger partial charge in [-0.2, -0.15) is 4.98 Å². The molecule has 1 aromatic heterocycles. The lowest BCUT2D eigenvalue weighted by atomic mass is 10.6. The monoisotopic (exact) mass is 181 g/mol. The van der Waals surface area contributed by atoms with Gasteiger partial charge in [0.05, 0.1) is 0 Å². The Hall–Kier alpha value is -1.59. The van der Waals surface area contributed by atoms with Gasteiger partial charge in [0, 0.05) is 6.04 Å². The minimum atomic E-state index is 0.363. The molecule has 1 aliphatic carbocycles. The zero-order valence-electron chi connectivity index (χ0n) is 7.10. The first-order valence-electron chi connectivity index (χ1n) is 4.16. The fraction of sp³-hybridized carbons (Fsp3) is 0.571. The molecule has 3 N–H and O–H groups in total. The quantitative estimate of drug-likeness (QED) is 0.491. The third-order valence-corrected chi connectivity index (χ3v) is 1.73. The van der Waals surface area contributed by atoms with Crippen LogP contribution in [-0.4, -0.2) is 22.1 Å². The van der Waals surface area contributed by atoms with Crippen molar-refractivity contribution in [3.63, 3.8) is 0 Å². The van der Waals surface area contributed by atoms with Crippen molar-refractivity contribution in [3.8, 4) is 0 Å². The SMILES string of the molecule is NC(=NCc1ncon1)NC1CC1. The van der Waals surface area contributed by atoms with Gasteiger partial charge < -0.3 is 15.6 Å². The summed E-state index contributed by atoms with van der Waals surface area (Å²) in [4.78, 5) is 7.86. The van der Waals surface area contributed by atoms with Crippen molar-refractivity contribution in [2.24, 2.45) is 10.7 Å². The van der Waals surface area contributed by atoms with E-state index in [4.69, 9.17) is 5.73 Å². The minimum absolute atomic E-state index is 0.363. The van der Waals surface area contributed by atoms with E-state index < -0.39 is 0 Å². The lowest BCUT2D eigenvalue weighted by Gasteiger charge is -2.00. The highest BCUT2D eigenvalue weighted by Crippen LogP contribution is 2.17. The van der Waals surface area contributed by atoms with Crippen LogP contribution < -0.4 is 11.1 Å². The fourth-order valence-corrected chi connectivity index (χ4v) is 0.900. The Morgan fingerprint density at radius 2 is 2.62 bits per heavy atom. The van der Waals surface area contributed by atoms with Gasteiger partial charge in [-0.25, -0.2) is 4.99 Å². The predicted octanol–water partition coefficient (Wildman–Crippen LogP) is -0.364. The van der Waals surface area contributed by atoms with Crippen molar-refractivity contribution in [1.29, 1.82) is 0 Å². The topological polar surface area (TPSA) is 89.3 Å². The Labute approximate surface area is 75.2 Å². The van der Waals surface area contributed by atoms with Crippen LogP contribution in [0.1, 0.15) is 18.7 Å². The highest BCUT2D eigenvalue weighted by Gasteiger charge is 2.21. The molecule has 70 valence electrons. The molecular formula is C7H11N5O. The standard InChI is InChI=1S/C7H11N5O/c8-7(11-5-1-2-5)9-3-6-10-4-13-12-6/h4-5H,1-3H2,(H3,8,9,11). The van der Waals surface area contributed by atoms with Gasteiger partial charge >= 0.3 is 0 Å². The van der Waals surface area contributed by atoms with Crippen LogP contribution in [0.5, 0.6) is 0 Å². The van der Waals surface area contributed by atoms with Gasteiger partial charge in [0.1, 0.15) is 6.54 Å². The molecule has 2 rings (SSSR count). The number of aromatic nitrogens is 2. The first-order valence-corrected chi connectivity index (χ1v) is 4.16. The Bertz CT molecular complexity index is 290. The highest BCUT2D eigenvalue weighted by molar-refractivity contribution is 5.78. The summed E-state index contributed by atoms with van der Waals surface area (Å²) >= 11 is 0. The van der Waals surface area contributed by atoms with Gasteiger partial charge in [-0.15, -0.1) is 0 Å². The summed E-state index contributed by atoms with van der Waals surface area (Å²) in [5.74, 6) is 0.993. The third kappa shape index (κ3) is 2.43. The molecule has 0 saturated heterocycles. The van der Waals surface area contributed by atoms with E-state index in [2.05, 4.69) is 25.0 Å². The van der Waals surface area contributed by atoms with Crippen molar-refractivity contribution in [3.05, 3.63) is 12.2 Å². The van der Waals surface area contributed by atoms with Crippen molar-refractivity contribution in [2.45, 2.75) is 25.4 Å². The summed E-state index contributed by atoms with van der Waals surface area (Å²) in [7, 11) is 0. The summed E-state index contributed by atoms with van der Waals surface area (Å²) < 4.78 is 4.55. The molecule has 0 bridgehead atoms. The van der Waals surface area contributed by atoms with E-state index in [1.165, 1.54) is 19.2 Å². The van der Waals surface area contributed by atoms with Crippen molar-refractivity contribution in [2.75, 3.05) is 0 Å². The van der Waals surface area contributed by atoms with Gasteiger partial charge in [0.25, 0.3) is 0 Å². The van der Waals surface area contributed by atoms with E-state index in [0.29, 0.717) is 24.4 Å². The molecule has 0 aromatic carbocycles. The number of hydrogen-bond acceptors (Lipinski definition) is 4. The molecule has 1 aromatic rings. The van der Waals surface area contributed by atoms with Gasteiger partial charge in [-0.1, -0.05) is 5.16 Å². The van der Waals surface area contributed by atoms with Crippen molar-refractivity contribution in [1.82, 2.24) is 15.5 Å². The van der Waals surface area contributed by atoms with Crippen LogP contribution in [0.15, 0.2) is 15.9 Å². The van der Waals surface area contributed by atoms with Crippen LogP contribution in [0.2, 0.25) is 0 Å². The summed E-state index contributed by atoms with van der Waals surface area (Å²) in [6.07, 6.45) is 3.63. The van der Waals surface area contributed by atoms with Gasteiger partial charge in [0.2, 0.25) is 6.39 Å². The van der Waals surface area contributed by atoms with Crippen LogP contribution in [0.3, 0.4) is 0 Å². The second kappa shape index (κ2) is 3.42. The molecule has 0 unspecified atom stereocenters. The Balaban J connectivity index is 1.81. The number of nitrogens with zero attached hydrogens (tertiary/aromatic N) is 3. The molecule has 6 nitrogen and oxygen atoms in total. The average molecular weight is 181 g/mol. The second-order valence-electron chi connectivity index (χ2n) is 2.97. The van der Waals surface area contributed by atoms with Gasteiger partial charge in [-0.05, 0) is 12.8 Å². The normalized spacial score (nSPS) is 17.4. The molecule has 0 atom stereocenters. The summed E-state index contributed by atoms with van der Waals surface area (Å²) in [5, 5.41) is 6.66. The number of hydrogen-bond donors (Lipinski definition) is 2. The molecule has 1 heterocycles. The fourth-order valence-electron chi connectivity index (χ4n) is 0.900. The second-order valence-corrected chi connectivity index (χ2v) is 2.97. The van der Waals surface area contributed by atoms with Crippen LogP contribution >= 0.6 is 0 Å². The highest BCUT2D eigenvalue weighted by atomic mass is 16.5. The third-order valence-electron chi connectivity index (χ3n) is 1.73. The van der Waals surface area contributed by atoms with Crippen molar-refractivity contribution < 1.29 is 4.52 Å². The zero-order chi connectivity index (χ0) is 9.10. The van der Waals surface area contributed by atoms with Crippen LogP contribution in [0, 0.1) is 0 Å². The first-order chi connectivity index (χ1) is 6.34. The maximum Gasteiger partial charge on any atom is 0.213 e. The van der Waals surface area contributed by atoms with E-state index in [1.807, 2.05) is 0 Å². The smallest absolute Gasteiger partial charge is 0.213 e. The lowest BCUT2D eigenvalue weighted by molar-refractivity contribution is 0.410. The summed E-state index contributed by atoms with van der Waals surface area (Å²) in [5.41, 5.74) is 5.58. The molecule has 0 radical (unpaired) electrons. The van der Waals surface area contributed by atoms with Crippen LogP contribution in [0.4, 0.5) is 0 Å². The number of aliphatic imine (C=N–C) groups is 1. The minimum Gasteiger partial charge on any atom is -0.370 e. The van der Waals surface area contributed by atoms with E-state index in [0.717, 1.165) is 0 Å². The number of nitrogens with two attached hydrogens (primary N) is 1. The largest absolute Gasteiger partial charge is 0.370 e. The number of guanidine groups is 1. The molecule has 1 fully saturated rings. The lowest BCUT2D eigenvalue weighted by Crippen LogP contribution is -2.33. The predicted molar refractivity (Wildman–Crippen MR) is 45.8 cm³/mol. The van der Waals surface area contributed by atoms with Gasteiger partial charge in [-0.3, -0.25) is 0 Å². The molecule has 1 saturated carbocycles. The molecular weight excluding hydrogens is 170 g/mol. The Morgan fingerprint density at radius 3 is 3.23 bits per heavy atom. The van der Waals surface area contributed by atoms with E-state index >= 15 is 0 Å². The first kappa shape index (κ1) is 8.03. The number of rotatable bonds is 3. The molecule has 6 heteroatoms. The Kier molecular flexibility index (Phi) is 2.11. The van der Waals surface area contributed by atoms with E-state index in [-0.39, 0.29) is 0 Å². The van der Waals surface area contributed by atoms with Gasteiger partial charge in [0.15, 0.2) is 11.8 Å². The van der Waals surface area contributed by atoms with Crippen LogP contribution in [0.25, 0.3) is 0 Å². The molecule has 1 aliphatic rings. The Morgan fingerprint density at radius 1 is 1.77 bits per heavy atom. The summed E-state index contributed by atoms with van der Waals surface area (Å²) in [6, 6.07) is 0.522. The summed E-state index contributed by atoms with van der Waals surface area (Å²) in [6.45, 7) is 0.363. The number of nitrogens with one attached hydrogen (secondary N) is 1. The molecule has 0 amide bonds. The van der Waals surface area contributed by atoms with E-state index in [1.54, 1.807) is 0 Å². The zero-order valence-corrected chi connectivity index (χ0v) is 7.10. The van der Waals surface area contributed by atoms with Crippen molar-refractivity contribution >= 4 is 5.96 Å². The maximum absolute atomic E-state index is 5.58. The maximum atomic E-state index is 5.58. The van der Waals surface area contributed by atoms with Crippen LogP contribution in [-0.2, 0) is 6.54 Å². The van der Waals surface area contributed by atoms with E-state index in [9.17, 15) is 0 Å². The molecule has 0 aliphatic heterocycles.